The van der Waals surface area contributed by atoms with Crippen molar-refractivity contribution in [3.8, 4) is 11.8 Å². The van der Waals surface area contributed by atoms with Crippen molar-refractivity contribution in [2.45, 2.75) is 26.3 Å². The second-order valence-corrected chi connectivity index (χ2v) is 5.71. The minimum atomic E-state index is -0.410. The summed E-state index contributed by atoms with van der Waals surface area (Å²) < 4.78 is 5.75. The number of benzene rings is 1. The second-order valence-electron chi connectivity index (χ2n) is 5.71. The first kappa shape index (κ1) is 15.6. The van der Waals surface area contributed by atoms with Crippen LogP contribution in [0.15, 0.2) is 30.6 Å². The molecule has 0 radical (unpaired) electrons. The standard InChI is InChI=1S/C16H19N5O/c1-11-8-19-15(20-9-11)21-16(2,3)10-22-14-6-4-5-13(18)12(14)7-17/h4-6,8-9H,10,18H2,1-3H3,(H,19,20,21). The lowest BCUT2D eigenvalue weighted by Crippen LogP contribution is -2.38. The molecule has 6 heteroatoms. The third kappa shape index (κ3) is 3.85. The Morgan fingerprint density at radius 1 is 1.32 bits per heavy atom. The molecule has 0 bridgehead atoms. The van der Waals surface area contributed by atoms with E-state index in [1.165, 1.54) is 0 Å². The van der Waals surface area contributed by atoms with Gasteiger partial charge in [0.2, 0.25) is 5.95 Å². The highest BCUT2D eigenvalue weighted by molar-refractivity contribution is 5.60. The van der Waals surface area contributed by atoms with Crippen LogP contribution in [0, 0.1) is 18.3 Å². The van der Waals surface area contributed by atoms with Gasteiger partial charge in [-0.05, 0) is 38.5 Å². The molecule has 0 aliphatic carbocycles. The van der Waals surface area contributed by atoms with Crippen molar-refractivity contribution >= 4 is 11.6 Å². The molecule has 0 atom stereocenters. The number of nitriles is 1. The summed E-state index contributed by atoms with van der Waals surface area (Å²) in [6.45, 7) is 6.20. The first-order valence-corrected chi connectivity index (χ1v) is 6.89. The fourth-order valence-electron chi connectivity index (χ4n) is 1.84. The molecule has 0 amide bonds. The number of rotatable bonds is 5. The van der Waals surface area contributed by atoms with Gasteiger partial charge in [0, 0.05) is 12.4 Å². The van der Waals surface area contributed by atoms with Gasteiger partial charge in [-0.3, -0.25) is 0 Å². The van der Waals surface area contributed by atoms with E-state index in [1.807, 2.05) is 20.8 Å². The molecule has 1 aromatic carbocycles. The zero-order chi connectivity index (χ0) is 16.2. The Hall–Kier alpha value is -2.81. The summed E-state index contributed by atoms with van der Waals surface area (Å²) in [6.07, 6.45) is 3.50. The summed E-state index contributed by atoms with van der Waals surface area (Å²) in [5.74, 6) is 1.01. The van der Waals surface area contributed by atoms with E-state index in [0.29, 0.717) is 29.6 Å². The second kappa shape index (κ2) is 6.31. The van der Waals surface area contributed by atoms with Crippen molar-refractivity contribution in [1.29, 1.82) is 5.26 Å². The topological polar surface area (TPSA) is 96.9 Å². The van der Waals surface area contributed by atoms with Gasteiger partial charge in [-0.15, -0.1) is 0 Å². The number of nitrogens with one attached hydrogen (secondary N) is 1. The predicted octanol–water partition coefficient (Wildman–Crippen LogP) is 2.51. The smallest absolute Gasteiger partial charge is 0.223 e. The summed E-state index contributed by atoms with van der Waals surface area (Å²) in [7, 11) is 0. The number of anilines is 2. The molecule has 22 heavy (non-hydrogen) atoms. The quantitative estimate of drug-likeness (QED) is 0.823. The van der Waals surface area contributed by atoms with Crippen molar-refractivity contribution in [3.63, 3.8) is 0 Å². The molecule has 0 fully saturated rings. The number of aromatic nitrogens is 2. The van der Waals surface area contributed by atoms with Crippen molar-refractivity contribution < 1.29 is 4.74 Å². The monoisotopic (exact) mass is 297 g/mol. The van der Waals surface area contributed by atoms with E-state index < -0.39 is 5.54 Å². The number of nitrogen functional groups attached to an aromatic ring is 1. The number of aryl methyl sites for hydroxylation is 1. The molecule has 0 unspecified atom stereocenters. The van der Waals surface area contributed by atoms with Gasteiger partial charge in [0.25, 0.3) is 0 Å². The largest absolute Gasteiger partial charge is 0.490 e. The molecule has 6 nitrogen and oxygen atoms in total. The summed E-state index contributed by atoms with van der Waals surface area (Å²) in [5, 5.41) is 12.4. The third-order valence-corrected chi connectivity index (χ3v) is 2.99. The fourth-order valence-corrected chi connectivity index (χ4v) is 1.84. The molecule has 3 N–H and O–H groups in total. The Kier molecular flexibility index (Phi) is 4.47. The van der Waals surface area contributed by atoms with E-state index in [1.54, 1.807) is 30.6 Å². The van der Waals surface area contributed by atoms with Crippen molar-refractivity contribution in [2.24, 2.45) is 0 Å². The van der Waals surface area contributed by atoms with Crippen LogP contribution in [-0.2, 0) is 0 Å². The van der Waals surface area contributed by atoms with E-state index in [4.69, 9.17) is 15.7 Å². The minimum absolute atomic E-state index is 0.336. The highest BCUT2D eigenvalue weighted by atomic mass is 16.5. The summed E-state index contributed by atoms with van der Waals surface area (Å²) in [4.78, 5) is 8.43. The molecule has 0 saturated carbocycles. The van der Waals surface area contributed by atoms with E-state index in [0.717, 1.165) is 5.56 Å². The van der Waals surface area contributed by atoms with Crippen LogP contribution in [0.4, 0.5) is 11.6 Å². The number of nitrogens with zero attached hydrogens (tertiary/aromatic N) is 3. The lowest BCUT2D eigenvalue weighted by Gasteiger charge is -2.26. The van der Waals surface area contributed by atoms with Gasteiger partial charge in [-0.1, -0.05) is 6.07 Å². The van der Waals surface area contributed by atoms with E-state index in [2.05, 4.69) is 21.4 Å². The SMILES string of the molecule is Cc1cnc(NC(C)(C)COc2cccc(N)c2C#N)nc1. The molecule has 114 valence electrons. The molecule has 2 aromatic rings. The van der Waals surface area contributed by atoms with Crippen LogP contribution < -0.4 is 15.8 Å². The maximum Gasteiger partial charge on any atom is 0.223 e. The molecular weight excluding hydrogens is 278 g/mol. The zero-order valence-corrected chi connectivity index (χ0v) is 12.9. The zero-order valence-electron chi connectivity index (χ0n) is 12.9. The molecular formula is C16H19N5O. The van der Waals surface area contributed by atoms with E-state index in [-0.39, 0.29) is 0 Å². The first-order chi connectivity index (χ1) is 10.4. The van der Waals surface area contributed by atoms with Crippen LogP contribution in [0.1, 0.15) is 25.0 Å². The molecule has 0 aliphatic heterocycles. The van der Waals surface area contributed by atoms with E-state index in [9.17, 15) is 0 Å². The Morgan fingerprint density at radius 3 is 2.64 bits per heavy atom. The summed E-state index contributed by atoms with van der Waals surface area (Å²) in [6, 6.07) is 7.22. The highest BCUT2D eigenvalue weighted by Crippen LogP contribution is 2.24. The Morgan fingerprint density at radius 2 is 2.00 bits per heavy atom. The number of nitrogens with two attached hydrogens (primary N) is 1. The number of hydrogen-bond donors (Lipinski definition) is 2. The van der Waals surface area contributed by atoms with Crippen molar-refractivity contribution in [1.82, 2.24) is 9.97 Å². The van der Waals surface area contributed by atoms with Crippen LogP contribution in [0.25, 0.3) is 0 Å². The van der Waals surface area contributed by atoms with Gasteiger partial charge in [0.05, 0.1) is 11.2 Å². The molecule has 1 heterocycles. The molecule has 0 saturated heterocycles. The molecule has 0 aliphatic rings. The normalized spacial score (nSPS) is 10.8. The number of hydrogen-bond acceptors (Lipinski definition) is 6. The average Bonchev–Trinajstić information content (AvgIpc) is 2.47. The first-order valence-electron chi connectivity index (χ1n) is 6.89. The fraction of sp³-hybridized carbons (Fsp3) is 0.312. The molecule has 1 aromatic heterocycles. The number of ether oxygens (including phenoxy) is 1. The van der Waals surface area contributed by atoms with Crippen LogP contribution >= 0.6 is 0 Å². The highest BCUT2D eigenvalue weighted by Gasteiger charge is 2.21. The molecule has 0 spiro atoms. The maximum atomic E-state index is 9.14. The lowest BCUT2D eigenvalue weighted by molar-refractivity contribution is 0.255. The van der Waals surface area contributed by atoms with Crippen LogP contribution in [-0.4, -0.2) is 22.1 Å². The maximum absolute atomic E-state index is 9.14. The van der Waals surface area contributed by atoms with Gasteiger partial charge < -0.3 is 15.8 Å². The average molecular weight is 297 g/mol. The molecule has 2 rings (SSSR count). The van der Waals surface area contributed by atoms with Crippen LogP contribution in [0.2, 0.25) is 0 Å². The van der Waals surface area contributed by atoms with Crippen molar-refractivity contribution in [3.05, 3.63) is 41.7 Å². The van der Waals surface area contributed by atoms with E-state index >= 15 is 0 Å². The predicted molar refractivity (Wildman–Crippen MR) is 85.5 cm³/mol. The van der Waals surface area contributed by atoms with Crippen LogP contribution in [0.5, 0.6) is 5.75 Å². The van der Waals surface area contributed by atoms with Gasteiger partial charge in [0.1, 0.15) is 24.0 Å². The Balaban J connectivity index is 2.05. The summed E-state index contributed by atoms with van der Waals surface area (Å²) in [5.41, 5.74) is 7.12. The van der Waals surface area contributed by atoms with Gasteiger partial charge in [0.15, 0.2) is 0 Å². The Labute approximate surface area is 130 Å². The lowest BCUT2D eigenvalue weighted by atomic mass is 10.1. The van der Waals surface area contributed by atoms with Gasteiger partial charge in [-0.25, -0.2) is 9.97 Å². The summed E-state index contributed by atoms with van der Waals surface area (Å²) >= 11 is 0. The third-order valence-electron chi connectivity index (χ3n) is 2.99. The Bertz CT molecular complexity index is 689. The van der Waals surface area contributed by atoms with Crippen LogP contribution in [0.3, 0.4) is 0 Å². The minimum Gasteiger partial charge on any atom is -0.490 e. The van der Waals surface area contributed by atoms with Gasteiger partial charge >= 0.3 is 0 Å². The van der Waals surface area contributed by atoms with Crippen molar-refractivity contribution in [2.75, 3.05) is 17.7 Å². The van der Waals surface area contributed by atoms with Gasteiger partial charge in [-0.2, -0.15) is 5.26 Å².